The number of piperidine rings is 1. The Morgan fingerprint density at radius 1 is 1.19 bits per heavy atom. The van der Waals surface area contributed by atoms with Crippen molar-refractivity contribution in [2.45, 2.75) is 43.9 Å². The van der Waals surface area contributed by atoms with Crippen LogP contribution in [0.2, 0.25) is 0 Å². The number of likely N-dealkylation sites (tertiary alicyclic amines) is 1. The number of hydrogen-bond acceptors (Lipinski definition) is 2. The first-order valence-corrected chi connectivity index (χ1v) is 10.8. The summed E-state index contributed by atoms with van der Waals surface area (Å²) in [6, 6.07) is 10.5. The Kier molecular flexibility index (Phi) is 6.42. The van der Waals surface area contributed by atoms with Crippen LogP contribution in [0.25, 0.3) is 5.57 Å². The quantitative estimate of drug-likeness (QED) is 0.635. The summed E-state index contributed by atoms with van der Waals surface area (Å²) in [6.07, 6.45) is 11.3. The van der Waals surface area contributed by atoms with Gasteiger partial charge in [0.05, 0.1) is 10.9 Å². The van der Waals surface area contributed by atoms with E-state index in [-0.39, 0.29) is 16.3 Å². The van der Waals surface area contributed by atoms with Crippen LogP contribution in [0.15, 0.2) is 48.6 Å². The molecule has 0 bridgehead atoms. The van der Waals surface area contributed by atoms with Crippen molar-refractivity contribution in [1.82, 2.24) is 4.90 Å². The molecule has 1 aliphatic carbocycles. The molecule has 1 N–H and O–H groups in total. The van der Waals surface area contributed by atoms with Crippen LogP contribution in [0.5, 0.6) is 0 Å². The van der Waals surface area contributed by atoms with Gasteiger partial charge >= 0.3 is 0 Å². The van der Waals surface area contributed by atoms with E-state index in [1.807, 2.05) is 6.07 Å². The van der Waals surface area contributed by atoms with E-state index >= 15 is 0 Å². The zero-order valence-corrected chi connectivity index (χ0v) is 17.7. The number of rotatable bonds is 6. The summed E-state index contributed by atoms with van der Waals surface area (Å²) < 4.78 is -0.277. The molecule has 2 nitrogen and oxygen atoms in total. The van der Waals surface area contributed by atoms with Crippen LogP contribution < -0.4 is 0 Å². The molecule has 1 heterocycles. The number of allylic oxidation sites excluding steroid dienone is 3. The van der Waals surface area contributed by atoms with Crippen LogP contribution in [-0.2, 0) is 0 Å². The Morgan fingerprint density at radius 3 is 2.54 bits per heavy atom. The number of benzene rings is 1. The molecular weight excluding hydrogens is 386 g/mol. The first-order chi connectivity index (χ1) is 12.5. The van der Waals surface area contributed by atoms with Gasteiger partial charge in [-0.3, -0.25) is 0 Å². The molecule has 1 aliphatic heterocycles. The van der Waals surface area contributed by atoms with Gasteiger partial charge in [-0.1, -0.05) is 71.4 Å². The van der Waals surface area contributed by atoms with Gasteiger partial charge in [-0.2, -0.15) is 0 Å². The highest BCUT2D eigenvalue weighted by Gasteiger charge is 2.47. The standard InChI is InChI=1S/C23H32BrNO/c1-19-11-16-25(17-12-19)15-7-14-23(18-26)13-6-10-21(22(23,2)24)20-8-4-3-5-9-20/h3-6,8-10,13,19,26H,7,11-12,14-18H2,1-2H3. The average Bonchev–Trinajstić information content (AvgIpc) is 2.65. The van der Waals surface area contributed by atoms with Crippen molar-refractivity contribution in [3.05, 3.63) is 54.1 Å². The normalized spacial score (nSPS) is 30.4. The molecular formula is C23H32BrNO. The van der Waals surface area contributed by atoms with Crippen LogP contribution in [0, 0.1) is 11.3 Å². The molecule has 3 rings (SSSR count). The first kappa shape index (κ1) is 19.9. The minimum absolute atomic E-state index is 0.159. The van der Waals surface area contributed by atoms with Crippen LogP contribution in [0.3, 0.4) is 0 Å². The van der Waals surface area contributed by atoms with Gasteiger partial charge in [-0.25, -0.2) is 0 Å². The van der Waals surface area contributed by atoms with Crippen LogP contribution >= 0.6 is 15.9 Å². The van der Waals surface area contributed by atoms with Crippen molar-refractivity contribution in [2.75, 3.05) is 26.2 Å². The Morgan fingerprint density at radius 2 is 1.88 bits per heavy atom. The molecule has 1 aromatic carbocycles. The fourth-order valence-corrected chi connectivity index (χ4v) is 5.21. The maximum absolute atomic E-state index is 10.4. The molecule has 2 aliphatic rings. The summed E-state index contributed by atoms with van der Waals surface area (Å²) in [4.78, 5) is 2.59. The first-order valence-electron chi connectivity index (χ1n) is 9.96. The van der Waals surface area contributed by atoms with Crippen molar-refractivity contribution in [1.29, 1.82) is 0 Å². The lowest BCUT2D eigenvalue weighted by atomic mass is 9.66. The largest absolute Gasteiger partial charge is 0.395 e. The van der Waals surface area contributed by atoms with E-state index in [0.29, 0.717) is 0 Å². The summed E-state index contributed by atoms with van der Waals surface area (Å²) in [5.41, 5.74) is 2.20. The molecule has 1 saturated heterocycles. The fraction of sp³-hybridized carbons (Fsp3) is 0.565. The van der Waals surface area contributed by atoms with E-state index < -0.39 is 0 Å². The smallest absolute Gasteiger partial charge is 0.0596 e. The lowest BCUT2D eigenvalue weighted by molar-refractivity contribution is 0.128. The van der Waals surface area contributed by atoms with E-state index in [2.05, 4.69) is 77.2 Å². The van der Waals surface area contributed by atoms with Gasteiger partial charge in [0.2, 0.25) is 0 Å². The van der Waals surface area contributed by atoms with Crippen molar-refractivity contribution in [2.24, 2.45) is 11.3 Å². The number of aliphatic hydroxyl groups is 1. The molecule has 1 fully saturated rings. The number of hydrogen-bond donors (Lipinski definition) is 1. The number of halogens is 1. The lowest BCUT2D eigenvalue weighted by Crippen LogP contribution is -2.45. The maximum atomic E-state index is 10.4. The molecule has 0 saturated carbocycles. The van der Waals surface area contributed by atoms with Crippen molar-refractivity contribution >= 4 is 21.5 Å². The third-order valence-corrected chi connectivity index (χ3v) is 7.68. The molecule has 0 spiro atoms. The van der Waals surface area contributed by atoms with E-state index in [1.165, 1.54) is 37.1 Å². The van der Waals surface area contributed by atoms with Gasteiger partial charge in [0, 0.05) is 5.41 Å². The molecule has 2 unspecified atom stereocenters. The van der Waals surface area contributed by atoms with Crippen molar-refractivity contribution < 1.29 is 5.11 Å². The van der Waals surface area contributed by atoms with Gasteiger partial charge in [-0.15, -0.1) is 0 Å². The van der Waals surface area contributed by atoms with Crippen LogP contribution in [0.4, 0.5) is 0 Å². The third-order valence-electron chi connectivity index (χ3n) is 6.46. The van der Waals surface area contributed by atoms with Gasteiger partial charge in [-0.05, 0) is 69.3 Å². The number of alkyl halides is 1. The monoisotopic (exact) mass is 417 g/mol. The molecule has 0 radical (unpaired) electrons. The Labute approximate surface area is 167 Å². The summed E-state index contributed by atoms with van der Waals surface area (Å²) in [5, 5.41) is 10.4. The topological polar surface area (TPSA) is 23.5 Å². The highest BCUT2D eigenvalue weighted by molar-refractivity contribution is 9.10. The maximum Gasteiger partial charge on any atom is 0.0596 e. The van der Waals surface area contributed by atoms with Gasteiger partial charge in [0.25, 0.3) is 0 Å². The minimum atomic E-state index is -0.277. The summed E-state index contributed by atoms with van der Waals surface area (Å²) >= 11 is 4.02. The van der Waals surface area contributed by atoms with Crippen molar-refractivity contribution in [3.8, 4) is 0 Å². The molecule has 1 aromatic rings. The number of aliphatic hydroxyl groups excluding tert-OH is 1. The lowest BCUT2D eigenvalue weighted by Gasteiger charge is -2.46. The Hall–Kier alpha value is -0.900. The van der Waals surface area contributed by atoms with Crippen molar-refractivity contribution in [3.63, 3.8) is 0 Å². The number of nitrogens with zero attached hydrogens (tertiary/aromatic N) is 1. The second-order valence-electron chi connectivity index (χ2n) is 8.25. The summed E-state index contributed by atoms with van der Waals surface area (Å²) in [6.45, 7) is 8.32. The predicted molar refractivity (Wildman–Crippen MR) is 114 cm³/mol. The van der Waals surface area contributed by atoms with E-state index in [4.69, 9.17) is 0 Å². The minimum Gasteiger partial charge on any atom is -0.395 e. The average molecular weight is 418 g/mol. The SMILES string of the molecule is CC1CCN(CCCC2(CO)C=CC=C(c3ccccc3)C2(C)Br)CC1. The zero-order chi connectivity index (χ0) is 18.6. The second kappa shape index (κ2) is 8.41. The molecule has 2 atom stereocenters. The predicted octanol–water partition coefficient (Wildman–Crippen LogP) is 5.28. The summed E-state index contributed by atoms with van der Waals surface area (Å²) in [7, 11) is 0. The molecule has 26 heavy (non-hydrogen) atoms. The molecule has 142 valence electrons. The third kappa shape index (κ3) is 4.00. The van der Waals surface area contributed by atoms with Crippen LogP contribution in [-0.4, -0.2) is 40.6 Å². The Bertz CT molecular complexity index is 643. The highest BCUT2D eigenvalue weighted by Crippen LogP contribution is 2.53. The van der Waals surface area contributed by atoms with Crippen LogP contribution in [0.1, 0.15) is 45.1 Å². The molecule has 0 aromatic heterocycles. The van der Waals surface area contributed by atoms with Gasteiger partial charge in [0.15, 0.2) is 0 Å². The van der Waals surface area contributed by atoms with Gasteiger partial charge < -0.3 is 10.0 Å². The molecule has 0 amide bonds. The zero-order valence-electron chi connectivity index (χ0n) is 16.1. The van der Waals surface area contributed by atoms with Gasteiger partial charge in [0.1, 0.15) is 0 Å². The van der Waals surface area contributed by atoms with E-state index in [9.17, 15) is 5.11 Å². The second-order valence-corrected chi connectivity index (χ2v) is 9.84. The van der Waals surface area contributed by atoms with E-state index in [1.54, 1.807) is 0 Å². The van der Waals surface area contributed by atoms with E-state index in [0.717, 1.165) is 25.3 Å². The summed E-state index contributed by atoms with van der Waals surface area (Å²) in [5.74, 6) is 0.876. The highest BCUT2D eigenvalue weighted by atomic mass is 79.9. The fourth-order valence-electron chi connectivity index (χ4n) is 4.40. The molecule has 3 heteroatoms. The Balaban J connectivity index is 1.70.